The van der Waals surface area contributed by atoms with Gasteiger partial charge in [0, 0.05) is 0 Å². The molecule has 1 amide bonds. The Hall–Kier alpha value is -2.54. The smallest absolute Gasteiger partial charge is 0.239 e. The quantitative estimate of drug-likeness (QED) is 0.675. The zero-order valence-electron chi connectivity index (χ0n) is 12.4. The topological polar surface area (TPSA) is 76.2 Å². The minimum absolute atomic E-state index is 0.0650. The first-order chi connectivity index (χ1) is 11.2. The number of rotatable bonds is 5. The Morgan fingerprint density at radius 3 is 3.09 bits per heavy atom. The second-order valence-corrected chi connectivity index (χ2v) is 6.01. The van der Waals surface area contributed by atoms with Crippen LogP contribution in [0.4, 0.5) is 0 Å². The van der Waals surface area contributed by atoms with Crippen molar-refractivity contribution >= 4 is 29.1 Å². The van der Waals surface area contributed by atoms with Crippen LogP contribution in [0.3, 0.4) is 0 Å². The summed E-state index contributed by atoms with van der Waals surface area (Å²) in [6, 6.07) is 11.2. The summed E-state index contributed by atoms with van der Waals surface area (Å²) in [6.07, 6.45) is 3.66. The molecular weight excluding hydrogens is 314 g/mol. The summed E-state index contributed by atoms with van der Waals surface area (Å²) in [5.74, 6) is 1.32. The van der Waals surface area contributed by atoms with Gasteiger partial charge >= 0.3 is 0 Å². The van der Waals surface area contributed by atoms with Crippen molar-refractivity contribution in [2.45, 2.75) is 11.7 Å². The molecule has 1 saturated heterocycles. The van der Waals surface area contributed by atoms with Gasteiger partial charge in [-0.2, -0.15) is 5.10 Å². The lowest BCUT2D eigenvalue weighted by Crippen LogP contribution is -2.25. The fraction of sp³-hybridized carbons (Fsp3) is 0.188. The minimum atomic E-state index is -0.223. The van der Waals surface area contributed by atoms with Gasteiger partial charge in [-0.15, -0.1) is 5.10 Å². The van der Waals surface area contributed by atoms with Crippen molar-refractivity contribution in [2.75, 3.05) is 7.11 Å². The van der Waals surface area contributed by atoms with E-state index < -0.39 is 0 Å². The van der Waals surface area contributed by atoms with E-state index in [1.165, 1.54) is 18.0 Å². The summed E-state index contributed by atoms with van der Waals surface area (Å²) < 4.78 is 10.3. The number of carbonyl (C=O) groups is 1. The lowest BCUT2D eigenvalue weighted by molar-refractivity contribution is -0.118. The van der Waals surface area contributed by atoms with Crippen molar-refractivity contribution in [1.82, 2.24) is 5.32 Å². The third kappa shape index (κ3) is 4.01. The van der Waals surface area contributed by atoms with Gasteiger partial charge < -0.3 is 14.5 Å². The Morgan fingerprint density at radius 2 is 2.30 bits per heavy atom. The third-order valence-corrected chi connectivity index (χ3v) is 4.28. The highest BCUT2D eigenvalue weighted by atomic mass is 32.2. The lowest BCUT2D eigenvalue weighted by Gasteiger charge is -2.07. The number of hydrogen-bond donors (Lipinski definition) is 1. The number of nitrogens with zero attached hydrogens (tertiary/aromatic N) is 2. The van der Waals surface area contributed by atoms with Crippen LogP contribution in [0.1, 0.15) is 11.3 Å². The molecule has 0 unspecified atom stereocenters. The molecule has 1 aliphatic rings. The average molecular weight is 329 g/mol. The summed E-state index contributed by atoms with van der Waals surface area (Å²) in [7, 11) is 1.62. The maximum Gasteiger partial charge on any atom is 0.239 e. The van der Waals surface area contributed by atoms with E-state index in [4.69, 9.17) is 9.15 Å². The number of benzene rings is 1. The van der Waals surface area contributed by atoms with E-state index in [0.717, 1.165) is 11.3 Å². The number of furan rings is 1. The van der Waals surface area contributed by atoms with E-state index in [1.54, 1.807) is 25.5 Å². The summed E-state index contributed by atoms with van der Waals surface area (Å²) in [5, 5.41) is 10.9. The van der Waals surface area contributed by atoms with Gasteiger partial charge in [-0.3, -0.25) is 4.79 Å². The van der Waals surface area contributed by atoms with Crippen LogP contribution in [0.2, 0.25) is 0 Å². The van der Waals surface area contributed by atoms with Crippen LogP contribution in [-0.2, 0) is 11.2 Å². The molecule has 2 heterocycles. The number of hydrogen-bond acceptors (Lipinski definition) is 6. The maximum absolute atomic E-state index is 12.0. The van der Waals surface area contributed by atoms with Crippen molar-refractivity contribution in [2.24, 2.45) is 10.2 Å². The van der Waals surface area contributed by atoms with E-state index in [2.05, 4.69) is 15.5 Å². The predicted octanol–water partition coefficient (Wildman–Crippen LogP) is 2.45. The Kier molecular flexibility index (Phi) is 4.77. The second kappa shape index (κ2) is 7.15. The molecule has 118 valence electrons. The van der Waals surface area contributed by atoms with Crippen molar-refractivity contribution in [3.63, 3.8) is 0 Å². The van der Waals surface area contributed by atoms with Crippen LogP contribution in [0.25, 0.3) is 0 Å². The van der Waals surface area contributed by atoms with Crippen molar-refractivity contribution in [3.05, 3.63) is 54.0 Å². The zero-order valence-corrected chi connectivity index (χ0v) is 13.2. The Labute approximate surface area is 137 Å². The SMILES string of the molecule is COc1cccc(C[C@@H]2S/C(=N/N=C\c3ccco3)NC2=O)c1. The van der Waals surface area contributed by atoms with Gasteiger partial charge in [-0.1, -0.05) is 23.9 Å². The van der Waals surface area contributed by atoms with Crippen LogP contribution in [0.15, 0.2) is 57.3 Å². The molecule has 0 radical (unpaired) electrons. The summed E-state index contributed by atoms with van der Waals surface area (Å²) in [6.45, 7) is 0. The lowest BCUT2D eigenvalue weighted by atomic mass is 10.1. The molecule has 0 saturated carbocycles. The first kappa shape index (κ1) is 15.4. The Bertz CT molecular complexity index is 741. The highest BCUT2D eigenvalue weighted by Crippen LogP contribution is 2.24. The normalized spacial score (nSPS) is 19.4. The molecule has 1 aromatic heterocycles. The largest absolute Gasteiger partial charge is 0.497 e. The van der Waals surface area contributed by atoms with Crippen molar-refractivity contribution in [1.29, 1.82) is 0 Å². The number of methoxy groups -OCH3 is 1. The molecule has 6 nitrogen and oxygen atoms in total. The van der Waals surface area contributed by atoms with Crippen LogP contribution in [0, 0.1) is 0 Å². The molecule has 1 fully saturated rings. The molecular formula is C16H15N3O3S. The molecule has 23 heavy (non-hydrogen) atoms. The van der Waals surface area contributed by atoms with E-state index in [1.807, 2.05) is 24.3 Å². The first-order valence-electron chi connectivity index (χ1n) is 6.99. The third-order valence-electron chi connectivity index (χ3n) is 3.21. The number of thioether (sulfide) groups is 1. The van der Waals surface area contributed by atoms with Crippen molar-refractivity contribution in [3.8, 4) is 5.75 Å². The second-order valence-electron chi connectivity index (χ2n) is 4.82. The Morgan fingerprint density at radius 1 is 1.39 bits per heavy atom. The number of amidine groups is 1. The molecule has 1 atom stereocenters. The molecule has 0 bridgehead atoms. The highest BCUT2D eigenvalue weighted by Gasteiger charge is 2.30. The standard InChI is InChI=1S/C16H15N3O3S/c1-21-12-5-2-4-11(8-12)9-14-15(20)18-16(23-14)19-17-10-13-6-3-7-22-13/h2-8,10,14H,9H2,1H3,(H,18,19,20)/b17-10-/t14-/m0/s1. The molecule has 2 aromatic rings. The molecule has 0 aliphatic carbocycles. The predicted molar refractivity (Wildman–Crippen MR) is 90.0 cm³/mol. The fourth-order valence-electron chi connectivity index (χ4n) is 2.10. The van der Waals surface area contributed by atoms with Crippen molar-refractivity contribution < 1.29 is 13.9 Å². The molecule has 1 N–H and O–H groups in total. The number of ether oxygens (including phenoxy) is 1. The zero-order chi connectivity index (χ0) is 16.1. The number of nitrogens with one attached hydrogen (secondary N) is 1. The average Bonchev–Trinajstić information content (AvgIpc) is 3.18. The Balaban J connectivity index is 1.63. The molecule has 3 rings (SSSR count). The summed E-state index contributed by atoms with van der Waals surface area (Å²) in [5.41, 5.74) is 1.04. The first-order valence-corrected chi connectivity index (χ1v) is 7.87. The maximum atomic E-state index is 12.0. The summed E-state index contributed by atoms with van der Waals surface area (Å²) >= 11 is 1.37. The molecule has 1 aromatic carbocycles. The van der Waals surface area contributed by atoms with Gasteiger partial charge in [-0.25, -0.2) is 0 Å². The van der Waals surface area contributed by atoms with Gasteiger partial charge in [0.25, 0.3) is 0 Å². The number of carbonyl (C=O) groups excluding carboxylic acids is 1. The van der Waals surface area contributed by atoms with E-state index >= 15 is 0 Å². The fourth-order valence-corrected chi connectivity index (χ4v) is 3.07. The van der Waals surface area contributed by atoms with Gasteiger partial charge in [0.1, 0.15) is 11.5 Å². The molecule has 7 heteroatoms. The molecule has 0 spiro atoms. The van der Waals surface area contributed by atoms with Crippen LogP contribution in [-0.4, -0.2) is 29.6 Å². The van der Waals surface area contributed by atoms with E-state index in [0.29, 0.717) is 17.3 Å². The molecule has 1 aliphatic heterocycles. The van der Waals surface area contributed by atoms with E-state index in [9.17, 15) is 4.79 Å². The van der Waals surface area contributed by atoms with Crippen LogP contribution in [0.5, 0.6) is 5.75 Å². The van der Waals surface area contributed by atoms with Gasteiger partial charge in [0.15, 0.2) is 5.17 Å². The highest BCUT2D eigenvalue weighted by molar-refractivity contribution is 8.15. The van der Waals surface area contributed by atoms with Crippen LogP contribution >= 0.6 is 11.8 Å². The summed E-state index contributed by atoms with van der Waals surface area (Å²) in [4.78, 5) is 12.0. The minimum Gasteiger partial charge on any atom is -0.497 e. The van der Waals surface area contributed by atoms with Gasteiger partial charge in [-0.05, 0) is 36.2 Å². The number of amides is 1. The van der Waals surface area contributed by atoms with Crippen LogP contribution < -0.4 is 10.1 Å². The monoisotopic (exact) mass is 329 g/mol. The van der Waals surface area contributed by atoms with Gasteiger partial charge in [0.05, 0.1) is 24.8 Å². The van der Waals surface area contributed by atoms with Gasteiger partial charge in [0.2, 0.25) is 5.91 Å². The van der Waals surface area contributed by atoms with E-state index in [-0.39, 0.29) is 11.2 Å².